The molecule has 4 aromatic heterocycles. The van der Waals surface area contributed by atoms with E-state index in [1.54, 1.807) is 14.3 Å². The molecule has 74 heavy (non-hydrogen) atoms. The molecule has 4 aromatic carbocycles. The highest BCUT2D eigenvalue weighted by atomic mass is 35.5. The zero-order chi connectivity index (χ0) is 51.9. The fraction of sp³-hybridized carbons (Fsp3) is 0.302. The standard InChI is InChI=1S/C29H30FN7O3.C24H22FN7O.ClH/c1-17(2)36-26(38)23-15-32-27(34-25(23)37(36)22-8-9-24(30)19(13-22)14-31)33-21-7-6-18-10-11-35(16-20(18)12-21)28(39)40-29(3,4)5;1-14(2)31-23(33)20-13-28-24(29-18-4-3-15-7-8-27-12-17(15)9-18)30-22(20)32(31)19-5-6-21(25)16(10-19)11-26;/h6-9,12-13,15,17H,10-11,16H2,1-5H3,(H,32,33,34);3-6,9-10,13-14,27H,7-8,12H2,1-2H3,(H,28,29,30);1H. The van der Waals surface area contributed by atoms with Crippen molar-refractivity contribution in [2.24, 2.45) is 0 Å². The van der Waals surface area contributed by atoms with E-state index in [4.69, 9.17) is 4.74 Å². The maximum atomic E-state index is 14.1. The topological polar surface area (TPSA) is 219 Å². The number of aromatic nitrogens is 8. The third-order valence-corrected chi connectivity index (χ3v) is 12.3. The largest absolute Gasteiger partial charge is 0.444 e. The van der Waals surface area contributed by atoms with Crippen LogP contribution in [-0.4, -0.2) is 68.3 Å². The average Bonchev–Trinajstić information content (AvgIpc) is 3.83. The summed E-state index contributed by atoms with van der Waals surface area (Å²) in [7, 11) is 0. The van der Waals surface area contributed by atoms with Gasteiger partial charge in [0.15, 0.2) is 11.3 Å². The number of hydrogen-bond acceptors (Lipinski definition) is 13. The minimum Gasteiger partial charge on any atom is -0.444 e. The lowest BCUT2D eigenvalue weighted by Crippen LogP contribution is -2.39. The van der Waals surface area contributed by atoms with Gasteiger partial charge in [0.05, 0.1) is 22.5 Å². The van der Waals surface area contributed by atoms with Gasteiger partial charge in [0.25, 0.3) is 11.1 Å². The van der Waals surface area contributed by atoms with Crippen LogP contribution in [0, 0.1) is 34.3 Å². The molecule has 0 bridgehead atoms. The Kier molecular flexibility index (Phi) is 14.7. The Morgan fingerprint density at radius 3 is 1.66 bits per heavy atom. The number of fused-ring (bicyclic) bond motifs is 4. The molecule has 2 aliphatic rings. The van der Waals surface area contributed by atoms with E-state index in [1.807, 2.05) is 84.9 Å². The van der Waals surface area contributed by atoms with Crippen LogP contribution in [0.25, 0.3) is 33.4 Å². The number of nitrogens with one attached hydrogen (secondary N) is 3. The summed E-state index contributed by atoms with van der Waals surface area (Å²) >= 11 is 0. The molecule has 0 radical (unpaired) electrons. The van der Waals surface area contributed by atoms with E-state index in [0.29, 0.717) is 58.9 Å². The molecule has 21 heteroatoms. The Balaban J connectivity index is 0.000000198. The lowest BCUT2D eigenvalue weighted by atomic mass is 9.99. The summed E-state index contributed by atoms with van der Waals surface area (Å²) in [6.45, 7) is 15.8. The third kappa shape index (κ3) is 10.4. The van der Waals surface area contributed by atoms with Crippen molar-refractivity contribution in [2.45, 2.75) is 92.1 Å². The van der Waals surface area contributed by atoms with E-state index in [2.05, 4.69) is 48.0 Å². The van der Waals surface area contributed by atoms with Gasteiger partial charge in [-0.25, -0.2) is 42.3 Å². The molecule has 10 rings (SSSR count). The van der Waals surface area contributed by atoms with Crippen molar-refractivity contribution in [1.29, 1.82) is 10.5 Å². The highest BCUT2D eigenvalue weighted by Gasteiger charge is 2.27. The zero-order valence-corrected chi connectivity index (χ0v) is 42.5. The Morgan fingerprint density at radius 1 is 0.703 bits per heavy atom. The fourth-order valence-corrected chi connectivity index (χ4v) is 8.94. The van der Waals surface area contributed by atoms with E-state index in [0.717, 1.165) is 42.0 Å². The van der Waals surface area contributed by atoms with Crippen LogP contribution in [0.1, 0.15) is 93.9 Å². The first-order chi connectivity index (χ1) is 34.9. The molecule has 0 aliphatic carbocycles. The van der Waals surface area contributed by atoms with Crippen LogP contribution in [0.3, 0.4) is 0 Å². The van der Waals surface area contributed by atoms with Crippen LogP contribution in [0.5, 0.6) is 0 Å². The van der Waals surface area contributed by atoms with Gasteiger partial charge >= 0.3 is 6.09 Å². The van der Waals surface area contributed by atoms with Crippen LogP contribution in [-0.2, 0) is 30.7 Å². The van der Waals surface area contributed by atoms with Crippen LogP contribution < -0.4 is 27.1 Å². The van der Waals surface area contributed by atoms with Crippen LogP contribution in [0.2, 0.25) is 0 Å². The number of ether oxygens (including phenoxy) is 1. The number of rotatable bonds is 8. The van der Waals surface area contributed by atoms with E-state index in [1.165, 1.54) is 69.3 Å². The molecule has 0 spiro atoms. The summed E-state index contributed by atoms with van der Waals surface area (Å²) in [5.74, 6) is -0.668. The van der Waals surface area contributed by atoms with E-state index in [9.17, 15) is 33.7 Å². The molecule has 0 saturated heterocycles. The second-order valence-electron chi connectivity index (χ2n) is 19.3. The van der Waals surface area contributed by atoms with Crippen molar-refractivity contribution < 1.29 is 18.3 Å². The summed E-state index contributed by atoms with van der Waals surface area (Å²) in [5, 5.41) is 29.0. The Labute approximate surface area is 430 Å². The quantitative estimate of drug-likeness (QED) is 0.129. The number of nitriles is 2. The molecule has 1 amide bonds. The maximum Gasteiger partial charge on any atom is 0.410 e. The van der Waals surface area contributed by atoms with Gasteiger partial charge in [-0.15, -0.1) is 12.4 Å². The number of carbonyl (C=O) groups excluding carboxylic acids is 1. The lowest BCUT2D eigenvalue weighted by Gasteiger charge is -2.31. The Morgan fingerprint density at radius 2 is 1.19 bits per heavy atom. The first-order valence-corrected chi connectivity index (χ1v) is 23.8. The van der Waals surface area contributed by atoms with Gasteiger partial charge in [-0.2, -0.15) is 20.5 Å². The monoisotopic (exact) mass is 1020 g/mol. The molecule has 0 atom stereocenters. The second-order valence-corrected chi connectivity index (χ2v) is 19.3. The van der Waals surface area contributed by atoms with Gasteiger partial charge in [0.1, 0.15) is 40.1 Å². The SMILES string of the molecule is CC(C)n1c(=O)c2cnc(Nc3ccc4c(c3)CN(C(=O)OC(C)(C)C)CC4)nc2n1-c1ccc(F)c(C#N)c1.CC(C)n1c(=O)c2cnc(Nc3ccc4c(c3)CNCC4)nc2n1-c1ccc(F)c(C#N)c1.Cl. The lowest BCUT2D eigenvalue weighted by molar-refractivity contribution is 0.0224. The van der Waals surface area contributed by atoms with E-state index in [-0.39, 0.29) is 58.8 Å². The van der Waals surface area contributed by atoms with Crippen molar-refractivity contribution in [3.05, 3.63) is 151 Å². The highest BCUT2D eigenvalue weighted by Crippen LogP contribution is 2.28. The fourth-order valence-electron chi connectivity index (χ4n) is 8.94. The van der Waals surface area contributed by atoms with Gasteiger partial charge in [-0.3, -0.25) is 9.59 Å². The minimum absolute atomic E-state index is 0. The first-order valence-electron chi connectivity index (χ1n) is 23.8. The number of nitrogens with zero attached hydrogens (tertiary/aromatic N) is 11. The number of hydrogen-bond donors (Lipinski definition) is 3. The van der Waals surface area contributed by atoms with Crippen molar-refractivity contribution in [3.8, 4) is 23.5 Å². The number of carbonyl (C=O) groups is 1. The highest BCUT2D eigenvalue weighted by molar-refractivity contribution is 5.85. The van der Waals surface area contributed by atoms with E-state index < -0.39 is 17.2 Å². The maximum absolute atomic E-state index is 14.1. The normalized spacial score (nSPS) is 13.1. The smallest absolute Gasteiger partial charge is 0.410 e. The van der Waals surface area contributed by atoms with Gasteiger partial charge in [0, 0.05) is 55.5 Å². The minimum atomic E-state index is -0.643. The molecular weight excluding hydrogens is 970 g/mol. The molecule has 6 heterocycles. The summed E-state index contributed by atoms with van der Waals surface area (Å²) in [4.78, 5) is 58.6. The van der Waals surface area contributed by atoms with Crippen LogP contribution in [0.4, 0.5) is 36.8 Å². The summed E-state index contributed by atoms with van der Waals surface area (Å²) in [6, 6.07) is 23.5. The molecule has 8 aromatic rings. The number of benzene rings is 4. The summed E-state index contributed by atoms with van der Waals surface area (Å²) in [5.41, 5.74) is 6.48. The number of amides is 1. The third-order valence-electron chi connectivity index (χ3n) is 12.3. The van der Waals surface area contributed by atoms with Gasteiger partial charge in [-0.1, -0.05) is 12.1 Å². The Bertz CT molecular complexity index is 3690. The molecule has 0 unspecified atom stereocenters. The Hall–Kier alpha value is -8.46. The molecular formula is C53H53ClF2N14O4. The van der Waals surface area contributed by atoms with Crippen LogP contribution in [0.15, 0.2) is 94.8 Å². The summed E-state index contributed by atoms with van der Waals surface area (Å²) in [6.07, 6.45) is 4.32. The summed E-state index contributed by atoms with van der Waals surface area (Å²) < 4.78 is 39.8. The van der Waals surface area contributed by atoms with Crippen LogP contribution >= 0.6 is 12.4 Å². The molecule has 18 nitrogen and oxygen atoms in total. The van der Waals surface area contributed by atoms with Gasteiger partial charge < -0.3 is 25.6 Å². The predicted octanol–water partition coefficient (Wildman–Crippen LogP) is 9.20. The zero-order valence-electron chi connectivity index (χ0n) is 41.7. The average molecular weight is 1020 g/mol. The molecule has 0 saturated carbocycles. The molecule has 380 valence electrons. The van der Waals surface area contributed by atoms with Gasteiger partial charge in [-0.05, 0) is 151 Å². The molecule has 3 N–H and O–H groups in total. The van der Waals surface area contributed by atoms with E-state index >= 15 is 0 Å². The van der Waals surface area contributed by atoms with Crippen molar-refractivity contribution in [1.82, 2.24) is 48.9 Å². The van der Waals surface area contributed by atoms with Gasteiger partial charge in [0.2, 0.25) is 11.9 Å². The predicted molar refractivity (Wildman–Crippen MR) is 279 cm³/mol. The van der Waals surface area contributed by atoms with Crippen molar-refractivity contribution in [3.63, 3.8) is 0 Å². The molecule has 0 fully saturated rings. The molecule has 2 aliphatic heterocycles. The first kappa shape index (κ1) is 51.9. The second kappa shape index (κ2) is 20.9. The van der Waals surface area contributed by atoms with Crippen molar-refractivity contribution >= 4 is 63.8 Å². The number of halogens is 3. The van der Waals surface area contributed by atoms with Crippen molar-refractivity contribution in [2.75, 3.05) is 23.7 Å². The number of anilines is 4.